The molecule has 2 atom stereocenters. The Morgan fingerprint density at radius 1 is 1.12 bits per heavy atom. The number of rotatable bonds is 4. The lowest BCUT2D eigenvalue weighted by molar-refractivity contribution is 0.459. The molecule has 2 N–H and O–H groups in total. The molecular weight excluding hydrogens is 358 g/mol. The average Bonchev–Trinajstić information content (AvgIpc) is 3.07. The molecule has 0 unspecified atom stereocenters. The van der Waals surface area contributed by atoms with Crippen LogP contribution >= 0.6 is 12.4 Å². The molecule has 0 radical (unpaired) electrons. The van der Waals surface area contributed by atoms with Crippen LogP contribution in [0.1, 0.15) is 17.0 Å². The molecular formula is C18H20ClN3O2S. The summed E-state index contributed by atoms with van der Waals surface area (Å²) in [6, 6.07) is 18.0. The SMILES string of the molecule is Cl.N#Cc1cccc(S(=O)(=O)N2C[C@@H](CN)[C@H](c3ccccc3)C2)c1. The minimum atomic E-state index is -3.63. The number of benzene rings is 2. The molecule has 1 fully saturated rings. The Hall–Kier alpha value is -1.91. The van der Waals surface area contributed by atoms with Crippen LogP contribution in [0.15, 0.2) is 59.5 Å². The van der Waals surface area contributed by atoms with Gasteiger partial charge in [-0.2, -0.15) is 9.57 Å². The second-order valence-electron chi connectivity index (χ2n) is 5.97. The number of nitrogens with zero attached hydrogens (tertiary/aromatic N) is 2. The number of halogens is 1. The second-order valence-corrected chi connectivity index (χ2v) is 7.91. The standard InChI is InChI=1S/C18H19N3O2S.ClH/c19-10-14-5-4-8-17(9-14)24(22,23)21-12-16(11-20)18(13-21)15-6-2-1-3-7-15;/h1-9,16,18H,11-13,20H2;1H/t16-,18+;/m1./s1. The first kappa shape index (κ1) is 19.4. The highest BCUT2D eigenvalue weighted by Gasteiger charge is 2.39. The Morgan fingerprint density at radius 2 is 1.84 bits per heavy atom. The number of nitriles is 1. The van der Waals surface area contributed by atoms with Crippen molar-refractivity contribution in [1.82, 2.24) is 4.31 Å². The van der Waals surface area contributed by atoms with Gasteiger partial charge in [-0.15, -0.1) is 12.4 Å². The van der Waals surface area contributed by atoms with E-state index < -0.39 is 10.0 Å². The van der Waals surface area contributed by atoms with Gasteiger partial charge in [0.25, 0.3) is 0 Å². The van der Waals surface area contributed by atoms with Crippen LogP contribution in [0.2, 0.25) is 0 Å². The second kappa shape index (κ2) is 7.98. The molecule has 2 aromatic rings. The van der Waals surface area contributed by atoms with Crippen molar-refractivity contribution >= 4 is 22.4 Å². The average molecular weight is 378 g/mol. The zero-order chi connectivity index (χ0) is 17.2. The lowest BCUT2D eigenvalue weighted by Gasteiger charge is -2.17. The van der Waals surface area contributed by atoms with Gasteiger partial charge in [-0.3, -0.25) is 0 Å². The molecule has 0 spiro atoms. The highest BCUT2D eigenvalue weighted by Crippen LogP contribution is 2.35. The van der Waals surface area contributed by atoms with E-state index in [1.807, 2.05) is 36.4 Å². The van der Waals surface area contributed by atoms with E-state index in [1.165, 1.54) is 16.4 Å². The maximum Gasteiger partial charge on any atom is 0.243 e. The van der Waals surface area contributed by atoms with Gasteiger partial charge >= 0.3 is 0 Å². The summed E-state index contributed by atoms with van der Waals surface area (Å²) in [6.45, 7) is 1.24. The number of sulfonamides is 1. The predicted octanol–water partition coefficient (Wildman–Crippen LogP) is 2.34. The van der Waals surface area contributed by atoms with Crippen molar-refractivity contribution in [2.24, 2.45) is 11.7 Å². The first-order chi connectivity index (χ1) is 11.6. The Labute approximate surface area is 154 Å². The quantitative estimate of drug-likeness (QED) is 0.885. The molecule has 1 aliphatic heterocycles. The van der Waals surface area contributed by atoms with Gasteiger partial charge in [0.05, 0.1) is 16.5 Å². The van der Waals surface area contributed by atoms with Crippen molar-refractivity contribution in [1.29, 1.82) is 5.26 Å². The van der Waals surface area contributed by atoms with Crippen molar-refractivity contribution in [2.45, 2.75) is 10.8 Å². The van der Waals surface area contributed by atoms with E-state index in [9.17, 15) is 8.42 Å². The van der Waals surface area contributed by atoms with Gasteiger partial charge in [0.2, 0.25) is 10.0 Å². The lowest BCUT2D eigenvalue weighted by Crippen LogP contribution is -2.30. The molecule has 7 heteroatoms. The highest BCUT2D eigenvalue weighted by atomic mass is 35.5. The van der Waals surface area contributed by atoms with Crippen LogP contribution in [0.3, 0.4) is 0 Å². The van der Waals surface area contributed by atoms with Gasteiger partial charge in [-0.05, 0) is 36.2 Å². The molecule has 25 heavy (non-hydrogen) atoms. The largest absolute Gasteiger partial charge is 0.330 e. The summed E-state index contributed by atoms with van der Waals surface area (Å²) in [5.41, 5.74) is 7.33. The van der Waals surface area contributed by atoms with Crippen molar-refractivity contribution in [3.8, 4) is 6.07 Å². The molecule has 1 saturated heterocycles. The summed E-state index contributed by atoms with van der Waals surface area (Å²) < 4.78 is 27.3. The summed E-state index contributed by atoms with van der Waals surface area (Å²) in [6.07, 6.45) is 0. The Kier molecular flexibility index (Phi) is 6.20. The summed E-state index contributed by atoms with van der Waals surface area (Å²) in [7, 11) is -3.63. The minimum absolute atomic E-state index is 0. The van der Waals surface area contributed by atoms with E-state index in [0.717, 1.165) is 5.56 Å². The molecule has 0 bridgehead atoms. The summed E-state index contributed by atoms with van der Waals surface area (Å²) in [5.74, 6) is 0.173. The van der Waals surface area contributed by atoms with Crippen LogP contribution in [-0.2, 0) is 10.0 Å². The summed E-state index contributed by atoms with van der Waals surface area (Å²) in [4.78, 5) is 0.158. The van der Waals surface area contributed by atoms with Gasteiger partial charge < -0.3 is 5.73 Å². The molecule has 5 nitrogen and oxygen atoms in total. The molecule has 2 aromatic carbocycles. The number of hydrogen-bond donors (Lipinski definition) is 1. The normalized spacial score (nSPS) is 20.6. The topological polar surface area (TPSA) is 87.2 Å². The fourth-order valence-electron chi connectivity index (χ4n) is 3.22. The highest BCUT2D eigenvalue weighted by molar-refractivity contribution is 7.89. The smallest absolute Gasteiger partial charge is 0.243 e. The lowest BCUT2D eigenvalue weighted by atomic mass is 9.89. The molecule has 0 aliphatic carbocycles. The maximum atomic E-state index is 12.9. The monoisotopic (exact) mass is 377 g/mol. The van der Waals surface area contributed by atoms with E-state index in [4.69, 9.17) is 11.0 Å². The number of nitrogens with two attached hydrogens (primary N) is 1. The maximum absolute atomic E-state index is 12.9. The van der Waals surface area contributed by atoms with Crippen molar-refractivity contribution in [2.75, 3.05) is 19.6 Å². The van der Waals surface area contributed by atoms with Crippen molar-refractivity contribution in [3.63, 3.8) is 0 Å². The van der Waals surface area contributed by atoms with Crippen molar-refractivity contribution < 1.29 is 8.42 Å². The Bertz CT molecular complexity index is 865. The molecule has 1 aliphatic rings. The molecule has 3 rings (SSSR count). The van der Waals surface area contributed by atoms with Crippen LogP contribution in [0.4, 0.5) is 0 Å². The van der Waals surface area contributed by atoms with Crippen LogP contribution in [0.25, 0.3) is 0 Å². The molecule has 1 heterocycles. The van der Waals surface area contributed by atoms with Crippen LogP contribution < -0.4 is 5.73 Å². The van der Waals surface area contributed by atoms with E-state index >= 15 is 0 Å². The first-order valence-corrected chi connectivity index (χ1v) is 9.25. The Balaban J connectivity index is 0.00000225. The third-order valence-corrected chi connectivity index (χ3v) is 6.37. The van der Waals surface area contributed by atoms with E-state index in [1.54, 1.807) is 12.1 Å². The predicted molar refractivity (Wildman–Crippen MR) is 98.9 cm³/mol. The summed E-state index contributed by atoms with van der Waals surface area (Å²) >= 11 is 0. The van der Waals surface area contributed by atoms with E-state index in [2.05, 4.69) is 0 Å². The molecule has 132 valence electrons. The first-order valence-electron chi connectivity index (χ1n) is 7.81. The zero-order valence-electron chi connectivity index (χ0n) is 13.6. The summed E-state index contributed by atoms with van der Waals surface area (Å²) in [5, 5.41) is 8.99. The molecule has 0 saturated carbocycles. The van der Waals surface area contributed by atoms with E-state index in [0.29, 0.717) is 25.2 Å². The molecule has 0 amide bonds. The van der Waals surface area contributed by atoms with Gasteiger partial charge in [-0.25, -0.2) is 8.42 Å². The minimum Gasteiger partial charge on any atom is -0.330 e. The fourth-order valence-corrected chi connectivity index (χ4v) is 4.79. The van der Waals surface area contributed by atoms with Crippen LogP contribution in [0.5, 0.6) is 0 Å². The van der Waals surface area contributed by atoms with Crippen LogP contribution in [0, 0.1) is 17.2 Å². The zero-order valence-corrected chi connectivity index (χ0v) is 15.2. The third-order valence-electron chi connectivity index (χ3n) is 4.54. The van der Waals surface area contributed by atoms with Gasteiger partial charge in [0.1, 0.15) is 0 Å². The fraction of sp³-hybridized carbons (Fsp3) is 0.278. The van der Waals surface area contributed by atoms with Gasteiger partial charge in [-0.1, -0.05) is 36.4 Å². The number of hydrogen-bond acceptors (Lipinski definition) is 4. The molecule has 0 aromatic heterocycles. The Morgan fingerprint density at radius 3 is 2.48 bits per heavy atom. The van der Waals surface area contributed by atoms with Crippen LogP contribution in [-0.4, -0.2) is 32.4 Å². The van der Waals surface area contributed by atoms with E-state index in [-0.39, 0.29) is 29.1 Å². The third kappa shape index (κ3) is 3.86. The van der Waals surface area contributed by atoms with Gasteiger partial charge in [0.15, 0.2) is 0 Å². The van der Waals surface area contributed by atoms with Gasteiger partial charge in [0, 0.05) is 19.0 Å². The van der Waals surface area contributed by atoms with Crippen molar-refractivity contribution in [3.05, 3.63) is 65.7 Å².